The summed E-state index contributed by atoms with van der Waals surface area (Å²) in [5.41, 5.74) is 3.22. The predicted octanol–water partition coefficient (Wildman–Crippen LogP) is 7.91. The molecule has 0 aromatic heterocycles. The van der Waals surface area contributed by atoms with Gasteiger partial charge in [-0.15, -0.1) is 0 Å². The van der Waals surface area contributed by atoms with Crippen molar-refractivity contribution in [3.05, 3.63) is 71.8 Å². The van der Waals surface area contributed by atoms with E-state index in [0.717, 1.165) is 5.92 Å². The zero-order chi connectivity index (χ0) is 18.1. The Morgan fingerprint density at radius 3 is 1.81 bits per heavy atom. The minimum absolute atomic E-state index is 0.189. The van der Waals surface area contributed by atoms with E-state index in [1.807, 2.05) is 0 Å². The first kappa shape index (κ1) is 19.2. The van der Waals surface area contributed by atoms with Crippen LogP contribution in [0.3, 0.4) is 0 Å². The molecule has 0 amide bonds. The van der Waals surface area contributed by atoms with Crippen molar-refractivity contribution in [2.75, 3.05) is 0 Å². The normalized spacial score (nSPS) is 15.4. The predicted molar refractivity (Wildman–Crippen MR) is 114 cm³/mol. The third-order valence-corrected chi connectivity index (χ3v) is 6.55. The molecule has 0 heterocycles. The molecule has 0 unspecified atom stereocenters. The van der Waals surface area contributed by atoms with Crippen molar-refractivity contribution in [1.82, 2.24) is 0 Å². The average molecular weight is 349 g/mol. The number of unbranched alkanes of at least 4 members (excludes halogenated alkanes) is 2. The molecule has 1 saturated carbocycles. The molecule has 3 rings (SSSR count). The summed E-state index contributed by atoms with van der Waals surface area (Å²) >= 11 is 0. The van der Waals surface area contributed by atoms with Gasteiger partial charge in [0, 0.05) is 5.41 Å². The molecule has 1 fully saturated rings. The van der Waals surface area contributed by atoms with Crippen LogP contribution in [0.15, 0.2) is 60.7 Å². The quantitative estimate of drug-likeness (QED) is 0.383. The molecule has 0 atom stereocenters. The van der Waals surface area contributed by atoms with Gasteiger partial charge in [0.05, 0.1) is 0 Å². The lowest BCUT2D eigenvalue weighted by molar-refractivity contribution is 0.383. The molecule has 0 bridgehead atoms. The molecule has 0 aliphatic heterocycles. The largest absolute Gasteiger partial charge is 0.0654 e. The second-order valence-electron chi connectivity index (χ2n) is 8.31. The van der Waals surface area contributed by atoms with Gasteiger partial charge < -0.3 is 0 Å². The lowest BCUT2D eigenvalue weighted by atomic mass is 9.68. The summed E-state index contributed by atoms with van der Waals surface area (Å²) in [6, 6.07) is 22.6. The Morgan fingerprint density at radius 1 is 0.731 bits per heavy atom. The lowest BCUT2D eigenvalue weighted by Crippen LogP contribution is -2.28. The first-order valence-corrected chi connectivity index (χ1v) is 11.0. The van der Waals surface area contributed by atoms with Crippen LogP contribution in [0, 0.1) is 5.92 Å². The fraction of sp³-hybridized carbons (Fsp3) is 0.538. The molecule has 26 heavy (non-hydrogen) atoms. The summed E-state index contributed by atoms with van der Waals surface area (Å²) in [6.07, 6.45) is 15.2. The number of hydrogen-bond donors (Lipinski definition) is 0. The third-order valence-electron chi connectivity index (χ3n) is 6.55. The van der Waals surface area contributed by atoms with Crippen LogP contribution < -0.4 is 0 Å². The van der Waals surface area contributed by atoms with E-state index in [4.69, 9.17) is 0 Å². The third kappa shape index (κ3) is 4.78. The van der Waals surface area contributed by atoms with Gasteiger partial charge in [-0.3, -0.25) is 0 Å². The van der Waals surface area contributed by atoms with Crippen LogP contribution in [-0.4, -0.2) is 0 Å². The second-order valence-corrected chi connectivity index (χ2v) is 8.31. The molecule has 2 aromatic carbocycles. The van der Waals surface area contributed by atoms with Crippen LogP contribution in [0.25, 0.3) is 0 Å². The van der Waals surface area contributed by atoms with Crippen LogP contribution in [0.2, 0.25) is 0 Å². The van der Waals surface area contributed by atoms with Crippen molar-refractivity contribution in [2.24, 2.45) is 5.92 Å². The molecular weight excluding hydrogens is 312 g/mol. The van der Waals surface area contributed by atoms with E-state index in [0.29, 0.717) is 0 Å². The molecule has 0 heteroatoms. The minimum Gasteiger partial charge on any atom is -0.0654 e. The highest BCUT2D eigenvalue weighted by molar-refractivity contribution is 5.39. The summed E-state index contributed by atoms with van der Waals surface area (Å²) in [5, 5.41) is 0. The molecule has 1 aliphatic rings. The SMILES string of the molecule is CCCCC(CCCCC1CCCC1)(c1ccccc1)c1ccccc1. The van der Waals surface area contributed by atoms with E-state index in [1.165, 1.54) is 81.8 Å². The molecule has 0 radical (unpaired) electrons. The van der Waals surface area contributed by atoms with Gasteiger partial charge in [0.15, 0.2) is 0 Å². The molecule has 2 aromatic rings. The number of hydrogen-bond acceptors (Lipinski definition) is 0. The molecule has 140 valence electrons. The van der Waals surface area contributed by atoms with Crippen LogP contribution in [-0.2, 0) is 5.41 Å². The molecule has 0 spiro atoms. The van der Waals surface area contributed by atoms with Crippen LogP contribution in [0.1, 0.15) is 88.7 Å². The van der Waals surface area contributed by atoms with Crippen LogP contribution >= 0.6 is 0 Å². The maximum Gasteiger partial charge on any atom is 0.0202 e. The van der Waals surface area contributed by atoms with E-state index in [2.05, 4.69) is 67.6 Å². The standard InChI is InChI=1S/C26H36/c1-2-3-21-26(24-17-6-4-7-18-24,25-19-8-5-9-20-25)22-13-12-16-23-14-10-11-15-23/h4-9,17-20,23H,2-3,10-16,21-22H2,1H3. The van der Waals surface area contributed by atoms with Gasteiger partial charge in [0.1, 0.15) is 0 Å². The van der Waals surface area contributed by atoms with Crippen molar-refractivity contribution in [2.45, 2.75) is 83.0 Å². The van der Waals surface area contributed by atoms with E-state index >= 15 is 0 Å². The number of rotatable bonds is 10. The van der Waals surface area contributed by atoms with Crippen LogP contribution in [0.4, 0.5) is 0 Å². The topological polar surface area (TPSA) is 0 Å². The highest BCUT2D eigenvalue weighted by Gasteiger charge is 2.33. The monoisotopic (exact) mass is 348 g/mol. The second kappa shape index (κ2) is 9.95. The Kier molecular flexibility index (Phi) is 7.35. The Hall–Kier alpha value is -1.56. The van der Waals surface area contributed by atoms with Crippen LogP contribution in [0.5, 0.6) is 0 Å². The molecule has 1 aliphatic carbocycles. The summed E-state index contributed by atoms with van der Waals surface area (Å²) in [5.74, 6) is 1.02. The minimum atomic E-state index is 0.189. The highest BCUT2D eigenvalue weighted by atomic mass is 14.4. The smallest absolute Gasteiger partial charge is 0.0202 e. The van der Waals surface area contributed by atoms with E-state index in [9.17, 15) is 0 Å². The fourth-order valence-corrected chi connectivity index (χ4v) is 5.02. The van der Waals surface area contributed by atoms with E-state index in [1.54, 1.807) is 0 Å². The molecular formula is C26H36. The fourth-order valence-electron chi connectivity index (χ4n) is 5.02. The Balaban J connectivity index is 1.79. The summed E-state index contributed by atoms with van der Waals surface area (Å²) < 4.78 is 0. The van der Waals surface area contributed by atoms with Gasteiger partial charge in [-0.2, -0.15) is 0 Å². The first-order chi connectivity index (χ1) is 12.8. The van der Waals surface area contributed by atoms with Crippen molar-refractivity contribution < 1.29 is 0 Å². The van der Waals surface area contributed by atoms with Gasteiger partial charge in [0.25, 0.3) is 0 Å². The molecule has 0 N–H and O–H groups in total. The van der Waals surface area contributed by atoms with Crippen molar-refractivity contribution >= 4 is 0 Å². The maximum absolute atomic E-state index is 2.36. The number of benzene rings is 2. The van der Waals surface area contributed by atoms with Gasteiger partial charge in [0.2, 0.25) is 0 Å². The Bertz CT molecular complexity index is 568. The summed E-state index contributed by atoms with van der Waals surface area (Å²) in [6.45, 7) is 2.32. The van der Waals surface area contributed by atoms with E-state index in [-0.39, 0.29) is 5.41 Å². The summed E-state index contributed by atoms with van der Waals surface area (Å²) in [7, 11) is 0. The van der Waals surface area contributed by atoms with Gasteiger partial charge in [-0.25, -0.2) is 0 Å². The molecule has 0 nitrogen and oxygen atoms in total. The highest BCUT2D eigenvalue weighted by Crippen LogP contribution is 2.42. The zero-order valence-electron chi connectivity index (χ0n) is 16.6. The van der Waals surface area contributed by atoms with Gasteiger partial charge in [-0.1, -0.05) is 125 Å². The Labute approximate surface area is 161 Å². The van der Waals surface area contributed by atoms with Crippen molar-refractivity contribution in [3.8, 4) is 0 Å². The van der Waals surface area contributed by atoms with Gasteiger partial charge >= 0.3 is 0 Å². The lowest BCUT2D eigenvalue weighted by Gasteiger charge is -2.36. The van der Waals surface area contributed by atoms with Crippen molar-refractivity contribution in [1.29, 1.82) is 0 Å². The Morgan fingerprint density at radius 2 is 1.27 bits per heavy atom. The molecule has 0 saturated heterocycles. The van der Waals surface area contributed by atoms with Crippen molar-refractivity contribution in [3.63, 3.8) is 0 Å². The van der Waals surface area contributed by atoms with Gasteiger partial charge in [-0.05, 0) is 29.9 Å². The maximum atomic E-state index is 2.36. The van der Waals surface area contributed by atoms with E-state index < -0.39 is 0 Å². The summed E-state index contributed by atoms with van der Waals surface area (Å²) in [4.78, 5) is 0. The first-order valence-electron chi connectivity index (χ1n) is 11.0. The average Bonchev–Trinajstić information content (AvgIpc) is 3.23. The zero-order valence-corrected chi connectivity index (χ0v) is 16.6.